The zero-order valence-corrected chi connectivity index (χ0v) is 12.4. The lowest BCUT2D eigenvalue weighted by molar-refractivity contribution is -0.145. The van der Waals surface area contributed by atoms with Gasteiger partial charge in [0, 0.05) is 16.5 Å². The van der Waals surface area contributed by atoms with Crippen LogP contribution < -0.4 is 4.90 Å². The van der Waals surface area contributed by atoms with Crippen molar-refractivity contribution in [3.63, 3.8) is 0 Å². The van der Waals surface area contributed by atoms with Crippen LogP contribution in [0.4, 0.5) is 5.69 Å². The van der Waals surface area contributed by atoms with Gasteiger partial charge in [0.1, 0.15) is 0 Å². The molecule has 1 amide bonds. The molecule has 0 saturated carbocycles. The van der Waals surface area contributed by atoms with E-state index in [1.165, 1.54) is 7.11 Å². The number of hydrogen-bond donors (Lipinski definition) is 0. The Morgan fingerprint density at radius 1 is 1.50 bits per heavy atom. The predicted molar refractivity (Wildman–Crippen MR) is 76.4 cm³/mol. The molecule has 0 spiro atoms. The van der Waals surface area contributed by atoms with Gasteiger partial charge in [-0.25, -0.2) is 0 Å². The second kappa shape index (κ2) is 5.26. The second-order valence-corrected chi connectivity index (χ2v) is 5.55. The Hall–Kier alpha value is -1.11. The normalized spacial score (nSPS) is 19.2. The maximum absolute atomic E-state index is 12.0. The number of hydrogen-bond acceptors (Lipinski definition) is 3. The molecule has 1 saturated heterocycles. The van der Waals surface area contributed by atoms with E-state index in [4.69, 9.17) is 4.74 Å². The van der Waals surface area contributed by atoms with Crippen LogP contribution in [0.3, 0.4) is 0 Å². The number of ether oxygens (including phenoxy) is 1. The van der Waals surface area contributed by atoms with Crippen molar-refractivity contribution in [2.24, 2.45) is 5.92 Å². The minimum atomic E-state index is -0.348. The number of nitrogens with zero attached hydrogens (tertiary/aromatic N) is 1. The molecule has 0 aliphatic carbocycles. The SMILES string of the molecule is COC(=O)C1CC(=O)N(c2ccc(C)cc2I)C1. The fraction of sp³-hybridized carbons (Fsp3) is 0.385. The Morgan fingerprint density at radius 2 is 2.22 bits per heavy atom. The number of benzene rings is 1. The van der Waals surface area contributed by atoms with Gasteiger partial charge in [-0.05, 0) is 47.2 Å². The summed E-state index contributed by atoms with van der Waals surface area (Å²) in [7, 11) is 1.35. The highest BCUT2D eigenvalue weighted by atomic mass is 127. The molecular weight excluding hydrogens is 345 g/mol. The molecule has 1 heterocycles. The van der Waals surface area contributed by atoms with Crippen LogP contribution in [0.5, 0.6) is 0 Å². The van der Waals surface area contributed by atoms with E-state index in [2.05, 4.69) is 22.6 Å². The zero-order valence-electron chi connectivity index (χ0n) is 10.3. The van der Waals surface area contributed by atoms with Gasteiger partial charge in [-0.2, -0.15) is 0 Å². The highest BCUT2D eigenvalue weighted by Gasteiger charge is 2.36. The van der Waals surface area contributed by atoms with Crippen molar-refractivity contribution in [3.8, 4) is 0 Å². The lowest BCUT2D eigenvalue weighted by Crippen LogP contribution is -2.26. The smallest absolute Gasteiger partial charge is 0.311 e. The maximum atomic E-state index is 12.0. The third kappa shape index (κ3) is 2.50. The molecule has 1 aliphatic heterocycles. The lowest BCUT2D eigenvalue weighted by Gasteiger charge is -2.18. The van der Waals surface area contributed by atoms with Crippen molar-refractivity contribution in [3.05, 3.63) is 27.3 Å². The van der Waals surface area contributed by atoms with Crippen LogP contribution in [-0.2, 0) is 14.3 Å². The molecule has 4 nitrogen and oxygen atoms in total. The monoisotopic (exact) mass is 359 g/mol. The number of carbonyl (C=O) groups excluding carboxylic acids is 2. The molecule has 0 radical (unpaired) electrons. The van der Waals surface area contributed by atoms with Crippen LogP contribution in [0.15, 0.2) is 18.2 Å². The van der Waals surface area contributed by atoms with Gasteiger partial charge in [0.05, 0.1) is 18.7 Å². The van der Waals surface area contributed by atoms with Gasteiger partial charge in [-0.3, -0.25) is 9.59 Å². The summed E-state index contributed by atoms with van der Waals surface area (Å²) in [5.74, 6) is -0.681. The van der Waals surface area contributed by atoms with Crippen molar-refractivity contribution in [2.75, 3.05) is 18.6 Å². The topological polar surface area (TPSA) is 46.6 Å². The fourth-order valence-corrected chi connectivity index (χ4v) is 3.06. The molecule has 1 aromatic carbocycles. The third-order valence-corrected chi connectivity index (χ3v) is 3.92. The summed E-state index contributed by atoms with van der Waals surface area (Å²) in [5, 5.41) is 0. The van der Waals surface area contributed by atoms with Gasteiger partial charge in [0.15, 0.2) is 0 Å². The lowest BCUT2D eigenvalue weighted by atomic mass is 10.1. The number of methoxy groups -OCH3 is 1. The largest absolute Gasteiger partial charge is 0.469 e. The van der Waals surface area contributed by atoms with Crippen molar-refractivity contribution >= 4 is 40.2 Å². The van der Waals surface area contributed by atoms with E-state index in [0.29, 0.717) is 6.54 Å². The highest BCUT2D eigenvalue weighted by Crippen LogP contribution is 2.30. The molecule has 0 N–H and O–H groups in total. The van der Waals surface area contributed by atoms with Crippen molar-refractivity contribution in [2.45, 2.75) is 13.3 Å². The Bertz CT molecular complexity index is 501. The van der Waals surface area contributed by atoms with Crippen LogP contribution in [0.25, 0.3) is 0 Å². The number of carbonyl (C=O) groups is 2. The van der Waals surface area contributed by atoms with Crippen LogP contribution in [0.1, 0.15) is 12.0 Å². The van der Waals surface area contributed by atoms with E-state index in [-0.39, 0.29) is 24.2 Å². The van der Waals surface area contributed by atoms with E-state index in [9.17, 15) is 9.59 Å². The molecule has 5 heteroatoms. The minimum absolute atomic E-state index is 0.0211. The Kier molecular flexibility index (Phi) is 3.89. The highest BCUT2D eigenvalue weighted by molar-refractivity contribution is 14.1. The number of aryl methyl sites for hydroxylation is 1. The first-order valence-electron chi connectivity index (χ1n) is 5.67. The summed E-state index contributed by atoms with van der Waals surface area (Å²) < 4.78 is 5.72. The first-order chi connectivity index (χ1) is 8.52. The molecule has 0 aromatic heterocycles. The molecule has 1 aromatic rings. The first-order valence-corrected chi connectivity index (χ1v) is 6.75. The number of halogens is 1. The molecule has 18 heavy (non-hydrogen) atoms. The first kappa shape index (κ1) is 13.3. The van der Waals surface area contributed by atoms with Crippen LogP contribution in [-0.4, -0.2) is 25.5 Å². The molecule has 1 unspecified atom stereocenters. The van der Waals surface area contributed by atoms with Crippen LogP contribution in [0.2, 0.25) is 0 Å². The summed E-state index contributed by atoms with van der Waals surface area (Å²) in [6, 6.07) is 5.92. The summed E-state index contributed by atoms with van der Waals surface area (Å²) in [6.07, 6.45) is 0.233. The van der Waals surface area contributed by atoms with Gasteiger partial charge in [-0.15, -0.1) is 0 Å². The summed E-state index contributed by atoms with van der Waals surface area (Å²) in [5.41, 5.74) is 2.02. The van der Waals surface area contributed by atoms with Crippen molar-refractivity contribution in [1.82, 2.24) is 0 Å². The minimum Gasteiger partial charge on any atom is -0.469 e. The number of rotatable bonds is 2. The average molecular weight is 359 g/mol. The molecule has 1 fully saturated rings. The van der Waals surface area contributed by atoms with E-state index >= 15 is 0 Å². The van der Waals surface area contributed by atoms with E-state index in [0.717, 1.165) is 14.8 Å². The van der Waals surface area contributed by atoms with Gasteiger partial charge in [0.25, 0.3) is 0 Å². The molecular formula is C13H14INO3. The van der Waals surface area contributed by atoms with E-state index < -0.39 is 0 Å². The molecule has 1 atom stereocenters. The molecule has 1 aliphatic rings. The molecule has 96 valence electrons. The third-order valence-electron chi connectivity index (χ3n) is 3.05. The standard InChI is InChI=1S/C13H14INO3/c1-8-3-4-11(10(14)5-8)15-7-9(6-12(15)16)13(17)18-2/h3-5,9H,6-7H2,1-2H3. The summed E-state index contributed by atoms with van der Waals surface area (Å²) >= 11 is 2.21. The Morgan fingerprint density at radius 3 is 2.83 bits per heavy atom. The van der Waals surface area contributed by atoms with Gasteiger partial charge in [-0.1, -0.05) is 6.07 Å². The van der Waals surface area contributed by atoms with E-state index in [1.807, 2.05) is 25.1 Å². The second-order valence-electron chi connectivity index (χ2n) is 4.38. The van der Waals surface area contributed by atoms with Crippen molar-refractivity contribution < 1.29 is 14.3 Å². The quantitative estimate of drug-likeness (QED) is 0.601. The van der Waals surface area contributed by atoms with Gasteiger partial charge < -0.3 is 9.64 Å². The fourth-order valence-electron chi connectivity index (χ4n) is 2.10. The zero-order chi connectivity index (χ0) is 13.3. The summed E-state index contributed by atoms with van der Waals surface area (Å²) in [6.45, 7) is 2.42. The number of amides is 1. The molecule has 2 rings (SSSR count). The van der Waals surface area contributed by atoms with E-state index in [1.54, 1.807) is 4.90 Å². The Labute approximate surface area is 119 Å². The van der Waals surface area contributed by atoms with Gasteiger partial charge in [0.2, 0.25) is 5.91 Å². The van der Waals surface area contributed by atoms with Gasteiger partial charge >= 0.3 is 5.97 Å². The predicted octanol–water partition coefficient (Wildman–Crippen LogP) is 2.13. The number of anilines is 1. The number of esters is 1. The van der Waals surface area contributed by atoms with Crippen molar-refractivity contribution in [1.29, 1.82) is 0 Å². The average Bonchev–Trinajstić information content (AvgIpc) is 2.70. The van der Waals surface area contributed by atoms with Crippen LogP contribution in [0, 0.1) is 16.4 Å². The summed E-state index contributed by atoms with van der Waals surface area (Å²) in [4.78, 5) is 25.1. The van der Waals surface area contributed by atoms with Crippen LogP contribution >= 0.6 is 22.6 Å². The maximum Gasteiger partial charge on any atom is 0.311 e. The molecule has 0 bridgehead atoms. The Balaban J connectivity index is 2.24.